The Morgan fingerprint density at radius 1 is 1.14 bits per heavy atom. The average Bonchev–Trinajstić information content (AvgIpc) is 3.29. The van der Waals surface area contributed by atoms with Crippen molar-refractivity contribution in [1.29, 1.82) is 0 Å². The highest BCUT2D eigenvalue weighted by molar-refractivity contribution is 5.89. The molecular formula is C21H27N5O3. The predicted molar refractivity (Wildman–Crippen MR) is 106 cm³/mol. The number of hydrogen-bond acceptors (Lipinski definition) is 6. The lowest BCUT2D eigenvalue weighted by atomic mass is 9.71. The van der Waals surface area contributed by atoms with Crippen molar-refractivity contribution < 1.29 is 14.3 Å². The molecular weight excluding hydrogens is 370 g/mol. The van der Waals surface area contributed by atoms with Crippen molar-refractivity contribution in [2.45, 2.75) is 37.8 Å². The van der Waals surface area contributed by atoms with E-state index in [1.54, 1.807) is 19.5 Å². The van der Waals surface area contributed by atoms with Crippen molar-refractivity contribution in [2.24, 2.45) is 11.8 Å². The van der Waals surface area contributed by atoms with Gasteiger partial charge in [0.15, 0.2) is 5.75 Å². The number of aromatic nitrogens is 2. The van der Waals surface area contributed by atoms with Crippen LogP contribution in [0.5, 0.6) is 5.75 Å². The van der Waals surface area contributed by atoms with Gasteiger partial charge in [0, 0.05) is 44.6 Å². The van der Waals surface area contributed by atoms with Crippen molar-refractivity contribution in [1.82, 2.24) is 19.8 Å². The first-order valence-corrected chi connectivity index (χ1v) is 10.5. The van der Waals surface area contributed by atoms with E-state index in [1.807, 2.05) is 22.0 Å². The molecule has 0 N–H and O–H groups in total. The molecule has 5 rings (SSSR count). The molecule has 0 radical (unpaired) electrons. The molecule has 1 aromatic rings. The van der Waals surface area contributed by atoms with Crippen molar-refractivity contribution in [2.75, 3.05) is 38.2 Å². The first-order valence-electron chi connectivity index (χ1n) is 10.5. The van der Waals surface area contributed by atoms with E-state index < -0.39 is 0 Å². The van der Waals surface area contributed by atoms with Crippen LogP contribution >= 0.6 is 0 Å². The van der Waals surface area contributed by atoms with Crippen molar-refractivity contribution in [3.8, 4) is 5.75 Å². The highest BCUT2D eigenvalue weighted by Crippen LogP contribution is 2.42. The number of carbonyl (C=O) groups excluding carboxylic acids is 2. The summed E-state index contributed by atoms with van der Waals surface area (Å²) in [6.45, 7) is 2.80. The fourth-order valence-corrected chi connectivity index (χ4v) is 5.56. The Hall–Kier alpha value is -2.64. The molecule has 4 aliphatic heterocycles. The van der Waals surface area contributed by atoms with Crippen LogP contribution in [0, 0.1) is 11.8 Å². The SMILES string of the molecule is COc1cnc(N2C[C@@H]3C[C@H](C2)[C@H](C(=O)N2CC=CC2)N2C(=O)CCC[C@@H]32)nc1. The number of hydrogen-bond donors (Lipinski definition) is 0. The second kappa shape index (κ2) is 7.31. The maximum atomic E-state index is 13.5. The normalized spacial score (nSPS) is 31.1. The lowest BCUT2D eigenvalue weighted by Crippen LogP contribution is -2.68. The minimum absolute atomic E-state index is 0.0937. The minimum Gasteiger partial charge on any atom is -0.494 e. The number of fused-ring (bicyclic) bond motifs is 4. The minimum atomic E-state index is -0.370. The molecule has 2 amide bonds. The highest BCUT2D eigenvalue weighted by Gasteiger charge is 2.53. The molecule has 8 nitrogen and oxygen atoms in total. The summed E-state index contributed by atoms with van der Waals surface area (Å²) in [5.41, 5.74) is 0. The maximum Gasteiger partial charge on any atom is 0.246 e. The molecule has 0 aliphatic carbocycles. The monoisotopic (exact) mass is 397 g/mol. The number of amides is 2. The molecule has 0 saturated carbocycles. The molecule has 3 fully saturated rings. The van der Waals surface area contributed by atoms with Crippen LogP contribution in [0.2, 0.25) is 0 Å². The fraction of sp³-hybridized carbons (Fsp3) is 0.619. The van der Waals surface area contributed by atoms with Gasteiger partial charge in [-0.2, -0.15) is 0 Å². The van der Waals surface area contributed by atoms with Gasteiger partial charge in [-0.15, -0.1) is 0 Å². The number of nitrogens with zero attached hydrogens (tertiary/aromatic N) is 5. The number of anilines is 1. The van der Waals surface area contributed by atoms with Crippen LogP contribution in [0.15, 0.2) is 24.5 Å². The number of methoxy groups -OCH3 is 1. The van der Waals surface area contributed by atoms with E-state index in [1.165, 1.54) is 0 Å². The summed E-state index contributed by atoms with van der Waals surface area (Å²) in [6, 6.07) is -0.233. The number of ether oxygens (including phenoxy) is 1. The topological polar surface area (TPSA) is 78.9 Å². The summed E-state index contributed by atoms with van der Waals surface area (Å²) >= 11 is 0. The average molecular weight is 397 g/mol. The molecule has 154 valence electrons. The molecule has 3 saturated heterocycles. The molecule has 2 bridgehead atoms. The summed E-state index contributed by atoms with van der Waals surface area (Å²) in [7, 11) is 1.60. The van der Waals surface area contributed by atoms with Gasteiger partial charge < -0.3 is 19.4 Å². The summed E-state index contributed by atoms with van der Waals surface area (Å²) in [4.78, 5) is 41.3. The summed E-state index contributed by atoms with van der Waals surface area (Å²) in [6.07, 6.45) is 10.8. The second-order valence-corrected chi connectivity index (χ2v) is 8.50. The van der Waals surface area contributed by atoms with Crippen molar-refractivity contribution in [3.05, 3.63) is 24.5 Å². The highest BCUT2D eigenvalue weighted by atomic mass is 16.5. The first-order chi connectivity index (χ1) is 14.2. The van der Waals surface area contributed by atoms with Crippen LogP contribution in [-0.2, 0) is 9.59 Å². The third-order valence-electron chi connectivity index (χ3n) is 6.86. The van der Waals surface area contributed by atoms with Crippen LogP contribution in [0.3, 0.4) is 0 Å². The Bertz CT molecular complexity index is 818. The summed E-state index contributed by atoms with van der Waals surface area (Å²) in [5, 5.41) is 0. The molecule has 8 heteroatoms. The smallest absolute Gasteiger partial charge is 0.246 e. The zero-order chi connectivity index (χ0) is 20.0. The van der Waals surface area contributed by atoms with E-state index >= 15 is 0 Å². The second-order valence-electron chi connectivity index (χ2n) is 8.50. The largest absolute Gasteiger partial charge is 0.494 e. The summed E-state index contributed by atoms with van der Waals surface area (Å²) < 4.78 is 5.18. The molecule has 4 atom stereocenters. The summed E-state index contributed by atoms with van der Waals surface area (Å²) in [5.74, 6) is 2.00. The van der Waals surface area contributed by atoms with E-state index in [9.17, 15) is 9.59 Å². The van der Waals surface area contributed by atoms with Crippen molar-refractivity contribution in [3.63, 3.8) is 0 Å². The zero-order valence-corrected chi connectivity index (χ0v) is 16.7. The predicted octanol–water partition coefficient (Wildman–Crippen LogP) is 1.09. The van der Waals surface area contributed by atoms with Gasteiger partial charge in [-0.1, -0.05) is 12.2 Å². The van der Waals surface area contributed by atoms with Gasteiger partial charge in [-0.3, -0.25) is 9.59 Å². The van der Waals surface area contributed by atoms with Crippen LogP contribution in [0.4, 0.5) is 5.95 Å². The van der Waals surface area contributed by atoms with Gasteiger partial charge in [0.1, 0.15) is 6.04 Å². The maximum absolute atomic E-state index is 13.5. The first kappa shape index (κ1) is 18.4. The number of piperidine rings is 3. The van der Waals surface area contributed by atoms with Crippen LogP contribution in [0.1, 0.15) is 25.7 Å². The Morgan fingerprint density at radius 2 is 1.86 bits per heavy atom. The van der Waals surface area contributed by atoms with Crippen molar-refractivity contribution >= 4 is 17.8 Å². The quantitative estimate of drug-likeness (QED) is 0.711. The Labute approximate surface area is 170 Å². The molecule has 0 aromatic carbocycles. The molecule has 5 heterocycles. The third kappa shape index (κ3) is 3.14. The lowest BCUT2D eigenvalue weighted by molar-refractivity contribution is -0.160. The van der Waals surface area contributed by atoms with Gasteiger partial charge in [-0.05, 0) is 25.2 Å². The van der Waals surface area contributed by atoms with Gasteiger partial charge in [-0.25, -0.2) is 9.97 Å². The lowest BCUT2D eigenvalue weighted by Gasteiger charge is -2.56. The van der Waals surface area contributed by atoms with E-state index in [0.29, 0.717) is 43.7 Å². The third-order valence-corrected chi connectivity index (χ3v) is 6.86. The van der Waals surface area contributed by atoms with Gasteiger partial charge in [0.2, 0.25) is 17.8 Å². The van der Waals surface area contributed by atoms with Crippen LogP contribution in [0.25, 0.3) is 0 Å². The number of rotatable bonds is 3. The van der Waals surface area contributed by atoms with E-state index in [2.05, 4.69) is 14.9 Å². The molecule has 29 heavy (non-hydrogen) atoms. The fourth-order valence-electron chi connectivity index (χ4n) is 5.56. The van der Waals surface area contributed by atoms with Gasteiger partial charge in [0.25, 0.3) is 0 Å². The van der Waals surface area contributed by atoms with E-state index in [4.69, 9.17) is 4.74 Å². The standard InChI is InChI=1S/C21H27N5O3/c1-29-16-10-22-21(23-11-16)25-12-14-9-15(13-25)19(20(28)24-7-2-3-8-24)26-17(14)5-4-6-18(26)27/h2-3,10-11,14-15,17,19H,4-9,12-13H2,1H3/t14-,15+,17-,19+/m0/s1. The molecule has 0 spiro atoms. The van der Waals surface area contributed by atoms with Gasteiger partial charge in [0.05, 0.1) is 19.5 Å². The van der Waals surface area contributed by atoms with E-state index in [0.717, 1.165) is 25.8 Å². The Balaban J connectivity index is 1.45. The number of carbonyl (C=O) groups is 2. The Morgan fingerprint density at radius 3 is 2.59 bits per heavy atom. The molecule has 1 aromatic heterocycles. The van der Waals surface area contributed by atoms with Crippen LogP contribution < -0.4 is 9.64 Å². The van der Waals surface area contributed by atoms with Gasteiger partial charge >= 0.3 is 0 Å². The van der Waals surface area contributed by atoms with Crippen LogP contribution in [-0.4, -0.2) is 77.0 Å². The zero-order valence-electron chi connectivity index (χ0n) is 16.7. The Kier molecular flexibility index (Phi) is 4.64. The molecule has 0 unspecified atom stereocenters. The molecule has 4 aliphatic rings. The van der Waals surface area contributed by atoms with E-state index in [-0.39, 0.29) is 29.8 Å².